The summed E-state index contributed by atoms with van der Waals surface area (Å²) in [4.78, 5) is 7.49. The molecule has 4 aliphatic heterocycles. The first kappa shape index (κ1) is 71.7. The van der Waals surface area contributed by atoms with E-state index >= 15 is 0 Å². The molecule has 3 fully saturated rings. The third kappa shape index (κ3) is 30.2. The van der Waals surface area contributed by atoms with E-state index < -0.39 is 0 Å². The minimum Gasteiger partial charge on any atom is -0.776 e. The molecule has 6 aromatic carbocycles. The largest absolute Gasteiger partial charge is 1.00 e. The van der Waals surface area contributed by atoms with Crippen LogP contribution >= 0.6 is 0 Å². The number of hydrogen-bond acceptors (Lipinski definition) is 9. The summed E-state index contributed by atoms with van der Waals surface area (Å²) < 4.78 is 34.4. The van der Waals surface area contributed by atoms with Crippen LogP contribution in [0.2, 0.25) is 0 Å². The number of benzene rings is 6. The van der Waals surface area contributed by atoms with Gasteiger partial charge in [0.2, 0.25) is 6.26 Å². The van der Waals surface area contributed by atoms with Crippen LogP contribution in [-0.2, 0) is 40.9 Å². The van der Waals surface area contributed by atoms with Crippen LogP contribution in [0.1, 0.15) is 101 Å². The first-order chi connectivity index (χ1) is 39.1. The number of nitrogens with one attached hydrogen (secondary N) is 2. The van der Waals surface area contributed by atoms with E-state index in [0.717, 1.165) is 78.9 Å². The van der Waals surface area contributed by atoms with Crippen LogP contribution in [-0.4, -0.2) is 125 Å². The van der Waals surface area contributed by atoms with Crippen molar-refractivity contribution >= 4 is 30.1 Å². The summed E-state index contributed by atoms with van der Waals surface area (Å²) in [5.41, 5.74) is 8.03. The van der Waals surface area contributed by atoms with Crippen molar-refractivity contribution in [2.45, 2.75) is 79.1 Å². The third-order valence-electron chi connectivity index (χ3n) is 13.4. The van der Waals surface area contributed by atoms with Crippen LogP contribution in [0.3, 0.4) is 0 Å². The number of rotatable bonds is 6. The van der Waals surface area contributed by atoms with Gasteiger partial charge in [-0.05, 0) is 45.9 Å². The first-order valence-corrected chi connectivity index (χ1v) is 29.9. The molecule has 0 aliphatic carbocycles. The normalized spacial score (nSPS) is 17.5. The second-order valence-electron chi connectivity index (χ2n) is 20.9. The van der Waals surface area contributed by atoms with Gasteiger partial charge in [0, 0.05) is 23.8 Å². The second kappa shape index (κ2) is 45.8. The molecule has 0 amide bonds. The quantitative estimate of drug-likeness (QED) is 0.127. The molecule has 10 rings (SSSR count). The summed E-state index contributed by atoms with van der Waals surface area (Å²) in [7, 11) is 0. The molecule has 4 heterocycles. The van der Waals surface area contributed by atoms with Gasteiger partial charge < -0.3 is 60.3 Å². The van der Waals surface area contributed by atoms with E-state index in [0.29, 0.717) is 63.3 Å². The van der Waals surface area contributed by atoms with Gasteiger partial charge in [0.25, 0.3) is 0 Å². The molecule has 4 aliphatic rings. The Labute approximate surface area is 538 Å². The monoisotopic (exact) mass is 1150 g/mol. The molecule has 3 saturated heterocycles. The van der Waals surface area contributed by atoms with Gasteiger partial charge in [0.15, 0.2) is 0 Å². The van der Waals surface area contributed by atoms with Gasteiger partial charge in [0.1, 0.15) is 39.3 Å². The number of fused-ring (bicyclic) bond motifs is 21. The molecule has 0 radical (unpaired) electrons. The van der Waals surface area contributed by atoms with Crippen molar-refractivity contribution in [2.75, 3.05) is 128 Å². The molecule has 434 valence electrons. The van der Waals surface area contributed by atoms with Gasteiger partial charge in [-0.3, -0.25) is 0 Å². The molecule has 0 atom stereocenters. The molecule has 10 nitrogen and oxygen atoms in total. The number of ether oxygens (including phenoxy) is 6. The zero-order chi connectivity index (χ0) is 57.3. The molecule has 2 N–H and O–H groups in total. The predicted octanol–water partition coefficient (Wildman–Crippen LogP) is 8.14. The van der Waals surface area contributed by atoms with E-state index in [1.54, 1.807) is 0 Å². The Hall–Kier alpha value is -3.61. The fraction of sp³-hybridized carbons (Fsp3) is 0.441. The van der Waals surface area contributed by atoms with Gasteiger partial charge in [-0.1, -0.05) is 237 Å². The molecule has 0 spiro atoms. The third-order valence-corrected chi connectivity index (χ3v) is 13.9. The van der Waals surface area contributed by atoms with Gasteiger partial charge >= 0.3 is 51.4 Å². The first-order valence-electron chi connectivity index (χ1n) is 29.4. The Kier molecular flexibility index (Phi) is 40.5. The molecule has 6 aromatic rings. The maximum atomic E-state index is 6.18. The predicted molar refractivity (Wildman–Crippen MR) is 338 cm³/mol. The molecule has 81 heavy (non-hydrogen) atoms. The van der Waals surface area contributed by atoms with E-state index in [4.69, 9.17) is 40.9 Å². The van der Waals surface area contributed by atoms with Crippen molar-refractivity contribution in [3.8, 4) is 0 Å². The topological polar surface area (TPSA) is 70.7 Å². The molecule has 13 heteroatoms. The van der Waals surface area contributed by atoms with Gasteiger partial charge in [0.05, 0.1) is 79.3 Å². The zero-order valence-corrected chi connectivity index (χ0v) is 54.8. The minimum atomic E-state index is -0.181. The number of anilines is 2. The Morgan fingerprint density at radius 3 is 0.642 bits per heavy atom. The average molecular weight is 1150 g/mol. The van der Waals surface area contributed by atoms with Crippen molar-refractivity contribution in [2.24, 2.45) is 0 Å². The van der Waals surface area contributed by atoms with E-state index in [-0.39, 0.29) is 57.6 Å². The Morgan fingerprint density at radius 2 is 0.481 bits per heavy atom. The van der Waals surface area contributed by atoms with E-state index in [1.165, 1.54) is 43.4 Å². The summed E-state index contributed by atoms with van der Waals surface area (Å²) >= 11 is 6.18. The molecular weight excluding hydrogens is 1050 g/mol. The zero-order valence-electron chi connectivity index (χ0n) is 50.8. The molecule has 0 aromatic heterocycles. The number of hydrogen-bond donors (Lipinski definition) is 2. The van der Waals surface area contributed by atoms with Crippen LogP contribution in [0.4, 0.5) is 11.4 Å². The molecule has 2 bridgehead atoms. The van der Waals surface area contributed by atoms with Crippen LogP contribution in [0, 0.1) is 0 Å². The maximum Gasteiger partial charge on any atom is 1.00 e. The van der Waals surface area contributed by atoms with Crippen molar-refractivity contribution in [3.05, 3.63) is 217 Å². The molecular formula is C68H98BKN4O6S+2. The van der Waals surface area contributed by atoms with Crippen LogP contribution in [0.25, 0.3) is 0 Å². The van der Waals surface area contributed by atoms with Crippen LogP contribution in [0.5, 0.6) is 0 Å². The average Bonchev–Trinajstić information content (AvgIpc) is 3.92. The number of quaternary nitrogens is 2. The Morgan fingerprint density at radius 1 is 0.309 bits per heavy atom. The van der Waals surface area contributed by atoms with E-state index in [1.807, 2.05) is 146 Å². The Bertz CT molecular complexity index is 1980. The van der Waals surface area contributed by atoms with Gasteiger partial charge in [-0.25, -0.2) is 0 Å². The number of para-hydroxylation sites is 2. The summed E-state index contributed by atoms with van der Waals surface area (Å²) in [5.74, 6) is 1.77. The van der Waals surface area contributed by atoms with E-state index in [9.17, 15) is 0 Å². The van der Waals surface area contributed by atoms with Crippen LogP contribution < -0.4 is 70.8 Å². The summed E-state index contributed by atoms with van der Waals surface area (Å²) in [6.45, 7) is 32.2. The second-order valence-corrected chi connectivity index (χ2v) is 21.3. The van der Waals surface area contributed by atoms with Crippen molar-refractivity contribution in [3.63, 3.8) is 0 Å². The summed E-state index contributed by atoms with van der Waals surface area (Å²) in [6, 6.07) is 61.4. The van der Waals surface area contributed by atoms with Crippen LogP contribution in [0.15, 0.2) is 194 Å². The summed E-state index contributed by atoms with van der Waals surface area (Å²) in [5, 5.41) is 0. The molecule has 0 saturated carbocycles. The number of nitrogens with zero attached hydrogens (tertiary/aromatic N) is 2. The van der Waals surface area contributed by atoms with Gasteiger partial charge in [-0.15, -0.1) is 0 Å². The van der Waals surface area contributed by atoms with Gasteiger partial charge in [-0.2, -0.15) is 0 Å². The maximum absolute atomic E-state index is 6.18. The van der Waals surface area contributed by atoms with Crippen molar-refractivity contribution in [1.29, 1.82) is 0 Å². The van der Waals surface area contributed by atoms with Crippen molar-refractivity contribution in [1.82, 2.24) is 0 Å². The van der Waals surface area contributed by atoms with E-state index in [2.05, 4.69) is 114 Å². The Balaban J connectivity index is 0.000000298. The smallest absolute Gasteiger partial charge is 0.776 e. The SMILES string of the molecule is C1COCC[NH+]2CCOCCOCC[NH+](CCO1)CCOCCOCC2.CC(C)c1cccc(C(C)C)c1N1C=CN(c2c(C(C)C)cccc2C(C)C)B1[S-].[K+].c1ccccc1.c1ccccc1.c1ccccc1.c1ccccc1. The minimum absolute atomic E-state index is 0. The van der Waals surface area contributed by atoms with Crippen molar-refractivity contribution < 1.29 is 89.6 Å². The fourth-order valence-corrected chi connectivity index (χ4v) is 9.32. The summed E-state index contributed by atoms with van der Waals surface area (Å²) in [6.07, 6.45) is 4.19. The fourth-order valence-electron chi connectivity index (χ4n) is 8.97. The molecule has 0 unspecified atom stereocenters. The standard InChI is InChI=1S/C26H36BN2S.C18H36N2O6.4C6H6.K/c1-17(2)21-11-9-12-22(18(3)4)25(21)28-15-16-29(27(28)30)26-23(19(5)6)13-10-14-24(26)20(7)8;1-7-21-13-14-24-10-4-20-5-11-25-17-15-22-8-2-19(1)3-9-23-16-18-26-12-6-20;4*1-2-4-6-5-3-1;/h9-20H,1-8H3;1-18H2;4*1-6H;/q-1;;;;;;+1/p+2.